The minimum atomic E-state index is -0.535. The lowest BCUT2D eigenvalue weighted by Gasteiger charge is -2.28. The lowest BCUT2D eigenvalue weighted by atomic mass is 10.1. The number of β-amino-alcohol motifs (C(OH)–C–C–N with tert-alkyl or cyclic N) is 1. The van der Waals surface area contributed by atoms with Crippen molar-refractivity contribution >= 4 is 11.7 Å². The average molecular weight is 295 g/mol. The number of anilines is 1. The molecular formula is C14H25N5O2. The van der Waals surface area contributed by atoms with Crippen molar-refractivity contribution in [2.24, 2.45) is 0 Å². The first-order chi connectivity index (χ1) is 10.2. The molecule has 1 atom stereocenters. The van der Waals surface area contributed by atoms with Crippen molar-refractivity contribution in [2.45, 2.75) is 38.8 Å². The minimum Gasteiger partial charge on any atom is -0.390 e. The topological polar surface area (TPSA) is 82.4 Å². The average Bonchev–Trinajstić information content (AvgIpc) is 2.94. The number of amides is 2. The minimum absolute atomic E-state index is 0.254. The molecule has 3 N–H and O–H groups in total. The summed E-state index contributed by atoms with van der Waals surface area (Å²) < 4.78 is 1.74. The van der Waals surface area contributed by atoms with Gasteiger partial charge in [0.2, 0.25) is 0 Å². The normalized spacial score (nSPS) is 17.4. The zero-order chi connectivity index (χ0) is 15.1. The van der Waals surface area contributed by atoms with Gasteiger partial charge in [0.05, 0.1) is 18.0 Å². The SMILES string of the molecule is CCn1cc(NC(=O)NC[C@H](O)CN2CCCCC2)cn1. The van der Waals surface area contributed by atoms with Crippen molar-refractivity contribution in [3.8, 4) is 0 Å². The van der Waals surface area contributed by atoms with Crippen LogP contribution in [0.15, 0.2) is 12.4 Å². The molecule has 2 amide bonds. The standard InChI is InChI=1S/C14H25N5O2/c1-2-19-10-12(8-16-19)17-14(21)15-9-13(20)11-18-6-4-3-5-7-18/h8,10,13,20H,2-7,9,11H2,1H3,(H2,15,17,21)/t13-/m0/s1. The van der Waals surface area contributed by atoms with Crippen LogP contribution in [0, 0.1) is 0 Å². The molecule has 1 aromatic rings. The third kappa shape index (κ3) is 5.35. The van der Waals surface area contributed by atoms with Gasteiger partial charge in [-0.25, -0.2) is 4.79 Å². The zero-order valence-electron chi connectivity index (χ0n) is 12.6. The number of nitrogens with zero attached hydrogens (tertiary/aromatic N) is 3. The van der Waals surface area contributed by atoms with Gasteiger partial charge >= 0.3 is 6.03 Å². The number of piperidine rings is 1. The second kappa shape index (κ2) is 7.99. The predicted octanol–water partition coefficient (Wildman–Crippen LogP) is 0.871. The third-order valence-electron chi connectivity index (χ3n) is 3.63. The van der Waals surface area contributed by atoms with Crippen LogP contribution in [0.3, 0.4) is 0 Å². The fourth-order valence-corrected chi connectivity index (χ4v) is 2.49. The summed E-state index contributed by atoms with van der Waals surface area (Å²) in [4.78, 5) is 14.0. The van der Waals surface area contributed by atoms with Crippen molar-refractivity contribution < 1.29 is 9.90 Å². The molecule has 2 heterocycles. The van der Waals surface area contributed by atoms with Gasteiger partial charge in [0, 0.05) is 25.8 Å². The van der Waals surface area contributed by atoms with Crippen molar-refractivity contribution in [3.05, 3.63) is 12.4 Å². The monoisotopic (exact) mass is 295 g/mol. The molecule has 1 saturated heterocycles. The lowest BCUT2D eigenvalue weighted by molar-refractivity contribution is 0.102. The Morgan fingerprint density at radius 1 is 1.43 bits per heavy atom. The van der Waals surface area contributed by atoms with Gasteiger partial charge in [-0.3, -0.25) is 4.68 Å². The number of likely N-dealkylation sites (tertiary alicyclic amines) is 1. The van der Waals surface area contributed by atoms with E-state index in [2.05, 4.69) is 20.6 Å². The largest absolute Gasteiger partial charge is 0.390 e. The van der Waals surface area contributed by atoms with Crippen LogP contribution in [0.1, 0.15) is 26.2 Å². The van der Waals surface area contributed by atoms with Crippen molar-refractivity contribution in [3.63, 3.8) is 0 Å². The fourth-order valence-electron chi connectivity index (χ4n) is 2.49. The number of aliphatic hydroxyl groups is 1. The number of aryl methyl sites for hydroxylation is 1. The second-order valence-corrected chi connectivity index (χ2v) is 5.43. The highest BCUT2D eigenvalue weighted by atomic mass is 16.3. The van der Waals surface area contributed by atoms with Gasteiger partial charge < -0.3 is 20.6 Å². The van der Waals surface area contributed by atoms with E-state index < -0.39 is 6.10 Å². The van der Waals surface area contributed by atoms with Gasteiger partial charge in [-0.2, -0.15) is 5.10 Å². The molecule has 0 spiro atoms. The number of rotatable bonds is 6. The number of hydrogen-bond donors (Lipinski definition) is 3. The van der Waals surface area contributed by atoms with E-state index in [1.54, 1.807) is 17.1 Å². The summed E-state index contributed by atoms with van der Waals surface area (Å²) in [7, 11) is 0. The van der Waals surface area contributed by atoms with E-state index in [0.29, 0.717) is 12.2 Å². The van der Waals surface area contributed by atoms with Crippen molar-refractivity contribution in [1.29, 1.82) is 0 Å². The van der Waals surface area contributed by atoms with Crippen LogP contribution in [0.2, 0.25) is 0 Å². The summed E-state index contributed by atoms with van der Waals surface area (Å²) in [6.07, 6.45) is 6.51. The van der Waals surface area contributed by atoms with Gasteiger partial charge in [0.25, 0.3) is 0 Å². The van der Waals surface area contributed by atoms with Crippen LogP contribution < -0.4 is 10.6 Å². The molecule has 0 radical (unpaired) electrons. The summed E-state index contributed by atoms with van der Waals surface area (Å²) >= 11 is 0. The summed E-state index contributed by atoms with van der Waals surface area (Å²) in [5, 5.41) is 19.4. The molecule has 7 heteroatoms. The first kappa shape index (κ1) is 15.8. The molecule has 7 nitrogen and oxygen atoms in total. The highest BCUT2D eigenvalue weighted by Gasteiger charge is 2.15. The van der Waals surface area contributed by atoms with Crippen LogP contribution >= 0.6 is 0 Å². The quantitative estimate of drug-likeness (QED) is 0.727. The molecule has 0 aliphatic carbocycles. The number of carbonyl (C=O) groups excluding carboxylic acids is 1. The van der Waals surface area contributed by atoms with Crippen LogP contribution in [0.5, 0.6) is 0 Å². The molecule has 0 aromatic carbocycles. The molecule has 1 fully saturated rings. The van der Waals surface area contributed by atoms with E-state index in [4.69, 9.17) is 0 Å². The Morgan fingerprint density at radius 3 is 2.86 bits per heavy atom. The Hall–Kier alpha value is -1.60. The van der Waals surface area contributed by atoms with Gasteiger partial charge in [0.1, 0.15) is 0 Å². The van der Waals surface area contributed by atoms with Crippen molar-refractivity contribution in [1.82, 2.24) is 20.0 Å². The molecule has 2 rings (SSSR count). The van der Waals surface area contributed by atoms with Gasteiger partial charge in [-0.05, 0) is 32.9 Å². The summed E-state index contributed by atoms with van der Waals surface area (Å²) in [6.45, 7) is 5.70. The van der Waals surface area contributed by atoms with Crippen LogP contribution in [-0.2, 0) is 6.54 Å². The highest BCUT2D eigenvalue weighted by Crippen LogP contribution is 2.08. The molecule has 0 unspecified atom stereocenters. The Morgan fingerprint density at radius 2 is 2.19 bits per heavy atom. The molecule has 21 heavy (non-hydrogen) atoms. The van der Waals surface area contributed by atoms with Gasteiger partial charge in [-0.15, -0.1) is 0 Å². The van der Waals surface area contributed by atoms with Crippen LogP contribution in [0.4, 0.5) is 10.5 Å². The summed E-state index contributed by atoms with van der Waals surface area (Å²) in [6, 6.07) is -0.316. The maximum Gasteiger partial charge on any atom is 0.319 e. The number of nitrogens with one attached hydrogen (secondary N) is 2. The van der Waals surface area contributed by atoms with Gasteiger partial charge in [-0.1, -0.05) is 6.42 Å². The predicted molar refractivity (Wildman–Crippen MR) is 81.2 cm³/mol. The van der Waals surface area contributed by atoms with Crippen molar-refractivity contribution in [2.75, 3.05) is 31.5 Å². The molecule has 0 bridgehead atoms. The Bertz CT molecular complexity index is 442. The van der Waals surface area contributed by atoms with E-state index in [0.717, 1.165) is 19.6 Å². The third-order valence-corrected chi connectivity index (χ3v) is 3.63. The molecular weight excluding hydrogens is 270 g/mol. The van der Waals surface area contributed by atoms with Crippen LogP contribution in [-0.4, -0.2) is 58.1 Å². The smallest absolute Gasteiger partial charge is 0.319 e. The maximum atomic E-state index is 11.7. The summed E-state index contributed by atoms with van der Waals surface area (Å²) in [5.74, 6) is 0. The number of hydrogen-bond acceptors (Lipinski definition) is 4. The molecule has 1 aromatic heterocycles. The number of aliphatic hydroxyl groups excluding tert-OH is 1. The Balaban J connectivity index is 1.65. The maximum absolute atomic E-state index is 11.7. The summed E-state index contributed by atoms with van der Waals surface area (Å²) in [5.41, 5.74) is 0.653. The van der Waals surface area contributed by atoms with E-state index in [1.165, 1.54) is 19.3 Å². The zero-order valence-corrected chi connectivity index (χ0v) is 12.6. The number of carbonyl (C=O) groups is 1. The van der Waals surface area contributed by atoms with E-state index >= 15 is 0 Å². The van der Waals surface area contributed by atoms with E-state index in [-0.39, 0.29) is 12.6 Å². The molecule has 1 aliphatic rings. The molecule has 118 valence electrons. The fraction of sp³-hybridized carbons (Fsp3) is 0.714. The van der Waals surface area contributed by atoms with E-state index in [9.17, 15) is 9.90 Å². The lowest BCUT2D eigenvalue weighted by Crippen LogP contribution is -2.42. The number of aromatic nitrogens is 2. The van der Waals surface area contributed by atoms with E-state index in [1.807, 2.05) is 6.92 Å². The van der Waals surface area contributed by atoms with Gasteiger partial charge in [0.15, 0.2) is 0 Å². The molecule has 1 aliphatic heterocycles. The highest BCUT2D eigenvalue weighted by molar-refractivity contribution is 5.88. The second-order valence-electron chi connectivity index (χ2n) is 5.43. The van der Waals surface area contributed by atoms with Crippen LogP contribution in [0.25, 0.3) is 0 Å². The Labute approximate surface area is 125 Å². The first-order valence-electron chi connectivity index (χ1n) is 7.65. The first-order valence-corrected chi connectivity index (χ1v) is 7.65. The Kier molecular flexibility index (Phi) is 6.01. The number of urea groups is 1. The molecule has 0 saturated carbocycles.